The Morgan fingerprint density at radius 2 is 0.661 bits per heavy atom. The number of para-hydroxylation sites is 2. The number of fused-ring (bicyclic) bond motifs is 12. The fourth-order valence-electron chi connectivity index (χ4n) is 8.92. The highest BCUT2D eigenvalue weighted by atomic mass is 16.5. The van der Waals surface area contributed by atoms with Crippen LogP contribution in [0.25, 0.3) is 87.9 Å². The molecule has 0 aliphatic heterocycles. The third kappa shape index (κ3) is 5.25. The van der Waals surface area contributed by atoms with Crippen molar-refractivity contribution >= 4 is 65.2 Å². The van der Waals surface area contributed by atoms with Gasteiger partial charge in [0.1, 0.15) is 11.5 Å². The Morgan fingerprint density at radius 3 is 1.07 bits per heavy atom. The van der Waals surface area contributed by atoms with Crippen molar-refractivity contribution in [2.75, 3.05) is 0 Å². The standard InChI is InChI=1S/C54H34N4O/c1-3-17-37(18-4-1)55-35-57(53-49-31-13-9-27-45(49)43-25-7-11-29-47(43)51(53)55)39-21-15-23-41(33-39)59-42-24-16-22-40(34-42)58-36-56(38-19-5-2-6-20-38)52-48-30-12-8-26-44(48)46-28-10-14-32-50(46)54(52)58/h1-34H. The summed E-state index contributed by atoms with van der Waals surface area (Å²) in [6, 6.07) is 72.2. The quantitative estimate of drug-likeness (QED) is 0.0943. The molecule has 0 saturated carbocycles. The van der Waals surface area contributed by atoms with Gasteiger partial charge in [-0.1, -0.05) is 146 Å². The molecule has 5 heteroatoms. The number of hydrogen-bond donors (Lipinski definition) is 0. The average molecular weight is 755 g/mol. The first-order valence-electron chi connectivity index (χ1n) is 19.9. The predicted octanol–water partition coefficient (Wildman–Crippen LogP) is 12.1. The summed E-state index contributed by atoms with van der Waals surface area (Å²) in [6.45, 7) is 0. The number of benzene rings is 10. The molecule has 0 amide bonds. The molecule has 10 aromatic carbocycles. The van der Waals surface area contributed by atoms with E-state index in [0.29, 0.717) is 0 Å². The van der Waals surface area contributed by atoms with Gasteiger partial charge in [-0.25, -0.2) is 0 Å². The van der Waals surface area contributed by atoms with Crippen LogP contribution < -0.4 is 13.9 Å². The number of ether oxygens (including phenoxy) is 1. The summed E-state index contributed by atoms with van der Waals surface area (Å²) in [7, 11) is 0. The molecule has 0 aliphatic carbocycles. The summed E-state index contributed by atoms with van der Waals surface area (Å²) in [5, 5.41) is 9.51. The first-order chi connectivity index (χ1) is 29.3. The van der Waals surface area contributed by atoms with Gasteiger partial charge in [-0.3, -0.25) is 18.3 Å². The van der Waals surface area contributed by atoms with Crippen molar-refractivity contribution in [1.29, 1.82) is 0 Å². The number of aromatic nitrogens is 4. The molecule has 0 atom stereocenters. The monoisotopic (exact) mass is 754 g/mol. The molecular weight excluding hydrogens is 721 g/mol. The maximum Gasteiger partial charge on any atom is 0.269 e. The first kappa shape index (κ1) is 33.2. The van der Waals surface area contributed by atoms with Gasteiger partial charge < -0.3 is 4.74 Å². The van der Waals surface area contributed by atoms with Crippen LogP contribution in [0.2, 0.25) is 0 Å². The lowest BCUT2D eigenvalue weighted by molar-refractivity contribution is -0.571. The molecule has 0 bridgehead atoms. The van der Waals surface area contributed by atoms with E-state index in [-0.39, 0.29) is 0 Å². The van der Waals surface area contributed by atoms with Gasteiger partial charge >= 0.3 is 0 Å². The minimum atomic E-state index is 0.725. The van der Waals surface area contributed by atoms with E-state index >= 15 is 0 Å². The van der Waals surface area contributed by atoms with Gasteiger partial charge in [-0.2, -0.15) is 0 Å². The fraction of sp³-hybridized carbons (Fsp3) is 0. The summed E-state index contributed by atoms with van der Waals surface area (Å²) in [5.74, 6) is 1.45. The number of nitrogens with zero attached hydrogens (tertiary/aromatic N) is 4. The van der Waals surface area contributed by atoms with Crippen LogP contribution in [0.3, 0.4) is 0 Å². The molecule has 276 valence electrons. The van der Waals surface area contributed by atoms with Gasteiger partial charge in [0.25, 0.3) is 12.7 Å². The molecule has 12 aromatic rings. The molecule has 5 nitrogen and oxygen atoms in total. The van der Waals surface area contributed by atoms with Gasteiger partial charge in [0.2, 0.25) is 0 Å². The summed E-state index contributed by atoms with van der Waals surface area (Å²) in [5.41, 5.74) is 8.37. The van der Waals surface area contributed by atoms with Crippen LogP contribution >= 0.6 is 0 Å². The third-order valence-electron chi connectivity index (χ3n) is 11.5. The Labute approximate surface area is 340 Å². The molecule has 0 saturated heterocycles. The second-order valence-corrected chi connectivity index (χ2v) is 14.9. The van der Waals surface area contributed by atoms with Crippen LogP contribution in [-0.4, -0.2) is 9.13 Å². The van der Waals surface area contributed by atoms with Crippen molar-refractivity contribution in [3.05, 3.63) is 219 Å². The molecule has 0 fully saturated rings. The molecule has 2 aromatic heterocycles. The summed E-state index contributed by atoms with van der Waals surface area (Å²) >= 11 is 0. The Kier molecular flexibility index (Phi) is 7.47. The minimum Gasteiger partial charge on any atom is -0.458 e. The van der Waals surface area contributed by atoms with Crippen LogP contribution in [0.4, 0.5) is 0 Å². The molecule has 0 spiro atoms. The fourth-order valence-corrected chi connectivity index (χ4v) is 8.92. The highest BCUT2D eigenvalue weighted by molar-refractivity contribution is 6.23. The highest BCUT2D eigenvalue weighted by Gasteiger charge is 2.21. The zero-order valence-electron chi connectivity index (χ0n) is 31.8. The number of imidazole rings is 2. The molecule has 0 radical (unpaired) electrons. The van der Waals surface area contributed by atoms with Crippen molar-refractivity contribution in [3.8, 4) is 34.2 Å². The van der Waals surface area contributed by atoms with Gasteiger partial charge in [-0.05, 0) is 104 Å². The van der Waals surface area contributed by atoms with E-state index in [9.17, 15) is 0 Å². The van der Waals surface area contributed by atoms with Gasteiger partial charge in [0.15, 0.2) is 0 Å². The van der Waals surface area contributed by atoms with Crippen molar-refractivity contribution in [1.82, 2.24) is 9.13 Å². The van der Waals surface area contributed by atoms with E-state index in [0.717, 1.165) is 67.1 Å². The Bertz CT molecular complexity index is 3350. The van der Waals surface area contributed by atoms with Crippen LogP contribution in [0, 0.1) is 12.7 Å². The van der Waals surface area contributed by atoms with Gasteiger partial charge in [-0.15, -0.1) is 0 Å². The SMILES string of the molecule is [c-]1n(-c2cccc(Oc3cccc(-n4[c-][n+](-c5ccccc5)c5c6ccccc6c6ccccc6c54)c3)c2)c2c3ccccc3c3ccccc3c2[n+]1-c1ccccc1. The summed E-state index contributed by atoms with van der Waals surface area (Å²) in [4.78, 5) is 0. The molecule has 0 unspecified atom stereocenters. The Balaban J connectivity index is 1.01. The Morgan fingerprint density at radius 1 is 0.322 bits per heavy atom. The van der Waals surface area contributed by atoms with Crippen molar-refractivity contribution in [2.45, 2.75) is 0 Å². The molecule has 12 rings (SSSR count). The third-order valence-corrected chi connectivity index (χ3v) is 11.5. The van der Waals surface area contributed by atoms with E-state index in [1.54, 1.807) is 0 Å². The zero-order chi connectivity index (χ0) is 38.9. The van der Waals surface area contributed by atoms with E-state index in [4.69, 9.17) is 4.74 Å². The lowest BCUT2D eigenvalue weighted by atomic mass is 9.99. The predicted molar refractivity (Wildman–Crippen MR) is 237 cm³/mol. The van der Waals surface area contributed by atoms with E-state index < -0.39 is 0 Å². The zero-order valence-corrected chi connectivity index (χ0v) is 31.8. The largest absolute Gasteiger partial charge is 0.458 e. The van der Waals surface area contributed by atoms with Crippen LogP contribution in [0.5, 0.6) is 11.5 Å². The van der Waals surface area contributed by atoms with Crippen LogP contribution in [0.15, 0.2) is 206 Å². The summed E-state index contributed by atoms with van der Waals surface area (Å²) in [6.07, 6.45) is 7.51. The van der Waals surface area contributed by atoms with E-state index in [1.807, 2.05) is 12.1 Å². The van der Waals surface area contributed by atoms with Gasteiger partial charge in [0, 0.05) is 0 Å². The van der Waals surface area contributed by atoms with Crippen LogP contribution in [0.1, 0.15) is 0 Å². The Hall–Kier alpha value is -8.02. The molecule has 0 aliphatic rings. The van der Waals surface area contributed by atoms with E-state index in [1.165, 1.54) is 32.3 Å². The lowest BCUT2D eigenvalue weighted by Crippen LogP contribution is -2.29. The van der Waals surface area contributed by atoms with Crippen molar-refractivity contribution in [3.63, 3.8) is 0 Å². The molecular formula is C54H34N4O. The molecule has 59 heavy (non-hydrogen) atoms. The molecule has 0 N–H and O–H groups in total. The smallest absolute Gasteiger partial charge is 0.269 e. The maximum absolute atomic E-state index is 6.76. The lowest BCUT2D eigenvalue weighted by Gasteiger charge is -2.13. The number of hydrogen-bond acceptors (Lipinski definition) is 1. The first-order valence-corrected chi connectivity index (χ1v) is 19.9. The molecule has 2 heterocycles. The number of rotatable bonds is 6. The van der Waals surface area contributed by atoms with E-state index in [2.05, 4.69) is 225 Å². The second kappa shape index (κ2) is 13.3. The topological polar surface area (TPSA) is 26.8 Å². The minimum absolute atomic E-state index is 0.725. The van der Waals surface area contributed by atoms with Crippen LogP contribution in [-0.2, 0) is 0 Å². The van der Waals surface area contributed by atoms with Crippen molar-refractivity contribution < 1.29 is 13.9 Å². The highest BCUT2D eigenvalue weighted by Crippen LogP contribution is 2.38. The maximum atomic E-state index is 6.76. The normalized spacial score (nSPS) is 11.7. The second-order valence-electron chi connectivity index (χ2n) is 14.9. The summed E-state index contributed by atoms with van der Waals surface area (Å²) < 4.78 is 15.5. The van der Waals surface area contributed by atoms with Gasteiger partial charge in [0.05, 0.1) is 44.8 Å². The average Bonchev–Trinajstić information content (AvgIpc) is 3.92. The van der Waals surface area contributed by atoms with Crippen molar-refractivity contribution in [2.24, 2.45) is 0 Å².